The van der Waals surface area contributed by atoms with Crippen LogP contribution >= 0.6 is 18.1 Å². The van der Waals surface area contributed by atoms with Crippen LogP contribution in [-0.4, -0.2) is 38.4 Å². The largest absolute Gasteiger partial charge is 0.440 e. The van der Waals surface area contributed by atoms with Crippen molar-refractivity contribution in [1.29, 1.82) is 0 Å². The molecule has 12 nitrogen and oxygen atoms in total. The summed E-state index contributed by atoms with van der Waals surface area (Å²) in [5, 5.41) is 2.73. The molecule has 8 aromatic rings. The van der Waals surface area contributed by atoms with E-state index in [0.29, 0.717) is 93.2 Å². The van der Waals surface area contributed by atoms with E-state index < -0.39 is 42.6 Å². The quantitative estimate of drug-likeness (QED) is 0.0551. The van der Waals surface area contributed by atoms with Crippen LogP contribution < -0.4 is 27.6 Å². The molecule has 14 heteroatoms. The molecule has 2 heterocycles. The fourth-order valence-corrected chi connectivity index (χ4v) is 10.6. The number of carbonyl (C=O) groups excluding carboxylic acids is 2. The Balaban J connectivity index is 1.15. The van der Waals surface area contributed by atoms with Crippen molar-refractivity contribution in [3.63, 3.8) is 0 Å². The Kier molecular flexibility index (Phi) is 15.5. The number of para-hydroxylation sites is 4. The van der Waals surface area contributed by atoms with E-state index in [1.54, 1.807) is 12.1 Å². The number of fused-ring (bicyclic) bond motifs is 2. The van der Waals surface area contributed by atoms with Crippen molar-refractivity contribution in [2.24, 2.45) is 10.8 Å². The fourth-order valence-electron chi connectivity index (χ4n) is 9.38. The molecule has 2 unspecified atom stereocenters. The summed E-state index contributed by atoms with van der Waals surface area (Å²) in [4.78, 5) is 30.2. The highest BCUT2D eigenvalue weighted by Gasteiger charge is 2.34. The van der Waals surface area contributed by atoms with Gasteiger partial charge in [-0.1, -0.05) is 149 Å². The average molecular weight is 1060 g/mol. The highest BCUT2D eigenvalue weighted by Crippen LogP contribution is 2.52. The molecule has 0 bridgehead atoms. The van der Waals surface area contributed by atoms with Crippen LogP contribution in [0.15, 0.2) is 146 Å². The van der Waals surface area contributed by atoms with E-state index in [9.17, 15) is 0 Å². The van der Waals surface area contributed by atoms with E-state index in [4.69, 9.17) is 46.5 Å². The molecule has 0 radical (unpaired) electrons. The lowest BCUT2D eigenvalue weighted by atomic mass is 9.88. The third kappa shape index (κ3) is 11.3. The van der Waals surface area contributed by atoms with Crippen LogP contribution in [0.4, 0.5) is 0 Å². The molecule has 0 saturated carbocycles. The maximum Gasteiger partial charge on any atom is 0.347 e. The summed E-state index contributed by atoms with van der Waals surface area (Å²) in [7, 11) is -1.45. The number of aryl methyl sites for hydroxylation is 4. The molecule has 0 aromatic heterocycles. The van der Waals surface area contributed by atoms with Gasteiger partial charge < -0.3 is 46.5 Å². The lowest BCUT2D eigenvalue weighted by Crippen LogP contribution is -2.33. The average Bonchev–Trinajstić information content (AvgIpc) is 3.42. The first-order chi connectivity index (χ1) is 36.6. The molecule has 2 saturated heterocycles. The first-order valence-corrected chi connectivity index (χ1v) is 26.8. The van der Waals surface area contributed by atoms with Crippen LogP contribution in [0.25, 0.3) is 32.7 Å². The van der Waals surface area contributed by atoms with Crippen molar-refractivity contribution >= 4 is 51.6 Å². The van der Waals surface area contributed by atoms with Gasteiger partial charge in [0.2, 0.25) is 0 Å². The van der Waals surface area contributed by atoms with Gasteiger partial charge in [-0.25, -0.2) is 9.59 Å². The van der Waals surface area contributed by atoms with Gasteiger partial charge in [0, 0.05) is 22.0 Å². The fraction of sp³-hybridized carbons (Fsp3) is 0.258. The van der Waals surface area contributed by atoms with Gasteiger partial charge >= 0.3 is 11.9 Å². The van der Waals surface area contributed by atoms with Crippen LogP contribution in [0, 0.1) is 38.5 Å². The van der Waals surface area contributed by atoms with Crippen LogP contribution in [0.3, 0.4) is 0 Å². The van der Waals surface area contributed by atoms with Crippen molar-refractivity contribution < 1.29 is 56.1 Å². The SMILES string of the molecule is Cc1cccc(C)c1OC(=O)c1cc2ccccc2c(-c2c(OPOc3ccccc3C3OCC(C)(C)CO3)c(C(=O)Oc3c(C)cccc3C)cc3ccccc23)c1OPOc1ccccc1C1OCC(C)(C)CO1. The predicted octanol–water partition coefficient (Wildman–Crippen LogP) is 15.4. The molecule has 2 atom stereocenters. The Morgan fingerprint density at radius 3 is 1.16 bits per heavy atom. The second kappa shape index (κ2) is 22.4. The molecule has 8 aromatic carbocycles. The highest BCUT2D eigenvalue weighted by atomic mass is 31.1. The van der Waals surface area contributed by atoms with Crippen molar-refractivity contribution in [1.82, 2.24) is 0 Å². The molecule has 0 aliphatic carbocycles. The molecule has 0 N–H and O–H groups in total. The van der Waals surface area contributed by atoms with Gasteiger partial charge in [0.15, 0.2) is 12.6 Å². The van der Waals surface area contributed by atoms with Gasteiger partial charge in [-0.05, 0) is 95.8 Å². The first-order valence-electron chi connectivity index (χ1n) is 25.1. The third-order valence-corrected chi connectivity index (χ3v) is 14.5. The Morgan fingerprint density at radius 2 is 0.776 bits per heavy atom. The van der Waals surface area contributed by atoms with E-state index >= 15 is 9.59 Å². The number of esters is 2. The summed E-state index contributed by atoms with van der Waals surface area (Å²) in [6, 6.07) is 45.2. The molecule has 10 rings (SSSR count). The molecular weight excluding hydrogens is 999 g/mol. The van der Waals surface area contributed by atoms with Crippen molar-refractivity contribution in [3.05, 3.63) is 190 Å². The van der Waals surface area contributed by atoms with E-state index in [-0.39, 0.29) is 33.5 Å². The maximum absolute atomic E-state index is 15.1. The number of rotatable bonds is 15. The summed E-state index contributed by atoms with van der Waals surface area (Å²) < 4.78 is 64.4. The Hall–Kier alpha value is -6.88. The third-order valence-electron chi connectivity index (χ3n) is 13.3. The van der Waals surface area contributed by atoms with Crippen LogP contribution in [0.5, 0.6) is 34.5 Å². The zero-order chi connectivity index (χ0) is 53.1. The van der Waals surface area contributed by atoms with Crippen molar-refractivity contribution in [3.8, 4) is 45.6 Å². The van der Waals surface area contributed by atoms with Gasteiger partial charge in [0.25, 0.3) is 18.1 Å². The minimum Gasteiger partial charge on any atom is -0.440 e. The number of hydrogen-bond acceptors (Lipinski definition) is 12. The number of carbonyl (C=O) groups is 2. The number of hydrogen-bond donors (Lipinski definition) is 0. The van der Waals surface area contributed by atoms with Crippen molar-refractivity contribution in [2.75, 3.05) is 26.4 Å². The molecule has 2 aliphatic heterocycles. The Labute approximate surface area is 446 Å². The maximum atomic E-state index is 15.1. The van der Waals surface area contributed by atoms with Gasteiger partial charge in [0.1, 0.15) is 45.6 Å². The van der Waals surface area contributed by atoms with Crippen LogP contribution in [0.2, 0.25) is 0 Å². The first kappa shape index (κ1) is 52.6. The lowest BCUT2D eigenvalue weighted by molar-refractivity contribution is -0.226. The zero-order valence-corrected chi connectivity index (χ0v) is 45.7. The topological polar surface area (TPSA) is 126 Å². The Bertz CT molecular complexity index is 3190. The summed E-state index contributed by atoms with van der Waals surface area (Å²) in [5.41, 5.74) is 5.24. The standard InChI is InChI=1S/C62H60O12P2/c1-37-19-17-20-38(2)53(37)69-57(63)47-31-41-23-9-11-25-43(41)51(55(47)73-75-71-49-29-15-13-27-45(49)59-65-33-61(5,6)34-66-59)52-44-26-12-10-24-42(44)32-48(58(64)70-54-39(3)21-18-22-40(54)4)56(52)74-76-72-50-30-16-14-28-46(50)60-67-35-62(7,8)36-68-60/h9-32,59-60,75-76H,33-36H2,1-8H3. The minimum absolute atomic E-state index is 0.101. The predicted molar refractivity (Wildman–Crippen MR) is 298 cm³/mol. The van der Waals surface area contributed by atoms with E-state index in [2.05, 4.69) is 27.7 Å². The second-order valence-electron chi connectivity index (χ2n) is 20.8. The highest BCUT2D eigenvalue weighted by molar-refractivity contribution is 7.27. The summed E-state index contributed by atoms with van der Waals surface area (Å²) >= 11 is 0. The number of benzene rings is 8. The van der Waals surface area contributed by atoms with Crippen molar-refractivity contribution in [2.45, 2.75) is 68.0 Å². The van der Waals surface area contributed by atoms with Crippen LogP contribution in [0.1, 0.15) is 94.4 Å². The van der Waals surface area contributed by atoms with E-state index in [1.165, 1.54) is 0 Å². The van der Waals surface area contributed by atoms with Crippen LogP contribution in [-0.2, 0) is 18.9 Å². The second-order valence-corrected chi connectivity index (χ2v) is 22.0. The van der Waals surface area contributed by atoms with E-state index in [0.717, 1.165) is 22.3 Å². The zero-order valence-electron chi connectivity index (χ0n) is 43.7. The summed E-state index contributed by atoms with van der Waals surface area (Å²) in [5.74, 6) is 0.697. The number of ether oxygens (including phenoxy) is 6. The van der Waals surface area contributed by atoms with Gasteiger partial charge in [0.05, 0.1) is 37.6 Å². The van der Waals surface area contributed by atoms with Gasteiger partial charge in [-0.15, -0.1) is 0 Å². The normalized spacial score (nSPS) is 15.8. The monoisotopic (exact) mass is 1060 g/mol. The minimum atomic E-state index is -0.723. The molecule has 0 spiro atoms. The molecule has 390 valence electrons. The summed E-state index contributed by atoms with van der Waals surface area (Å²) in [6.07, 6.45) is -1.34. The molecule has 0 amide bonds. The van der Waals surface area contributed by atoms with Gasteiger partial charge in [-0.3, -0.25) is 0 Å². The molecule has 2 fully saturated rings. The van der Waals surface area contributed by atoms with Gasteiger partial charge in [-0.2, -0.15) is 0 Å². The molecule has 2 aliphatic rings. The Morgan fingerprint density at radius 1 is 0.434 bits per heavy atom. The molecular formula is C62H60O12P2. The van der Waals surface area contributed by atoms with E-state index in [1.807, 2.05) is 161 Å². The molecule has 76 heavy (non-hydrogen) atoms. The smallest absolute Gasteiger partial charge is 0.347 e. The lowest BCUT2D eigenvalue weighted by Gasteiger charge is -2.35. The summed E-state index contributed by atoms with van der Waals surface area (Å²) in [6.45, 7) is 17.9.